The molecule has 2 amide bonds. The predicted molar refractivity (Wildman–Crippen MR) is 160 cm³/mol. The molecule has 15 heteroatoms. The fraction of sp³-hybridized carbons (Fsp3) is 0.483. The number of esters is 1. The number of fused-ring (bicyclic) bond motifs is 1. The van der Waals surface area contributed by atoms with Gasteiger partial charge in [-0.05, 0) is 41.7 Å². The molecule has 6 N–H and O–H groups in total. The number of amides is 2. The largest absolute Gasteiger partial charge is 0.481 e. The highest BCUT2D eigenvalue weighted by molar-refractivity contribution is 7.89. The fourth-order valence-corrected chi connectivity index (χ4v) is 6.88. The molecule has 0 aromatic heterocycles. The first kappa shape index (κ1) is 32.7. The van der Waals surface area contributed by atoms with Gasteiger partial charge in [-0.3, -0.25) is 24.6 Å². The van der Waals surface area contributed by atoms with E-state index < -0.39 is 58.3 Å². The second-order valence-electron chi connectivity index (χ2n) is 11.2. The zero-order valence-electron chi connectivity index (χ0n) is 24.4. The lowest BCUT2D eigenvalue weighted by Crippen LogP contribution is -2.54. The van der Waals surface area contributed by atoms with Crippen LogP contribution in [0.5, 0.6) is 0 Å². The SMILES string of the molecule is CC(=O)O[C@@H]1CCN(C(=O)C[C@@H](NS(=O)(=O)c2ccc3ccccc3c2)C(=O)NC[C@@H]2CCCN(C(=N)N)C2)C[C@H]1C(=O)O. The van der Waals surface area contributed by atoms with Crippen LogP contribution in [-0.4, -0.2) is 97.9 Å². The third-order valence-corrected chi connectivity index (χ3v) is 9.45. The van der Waals surface area contributed by atoms with Crippen molar-refractivity contribution in [1.29, 1.82) is 5.41 Å². The van der Waals surface area contributed by atoms with Crippen LogP contribution in [0.4, 0.5) is 0 Å². The average molecular weight is 631 g/mol. The maximum Gasteiger partial charge on any atom is 0.312 e. The van der Waals surface area contributed by atoms with Gasteiger partial charge in [-0.25, -0.2) is 8.42 Å². The van der Waals surface area contributed by atoms with Gasteiger partial charge in [0.2, 0.25) is 21.8 Å². The lowest BCUT2D eigenvalue weighted by Gasteiger charge is -2.36. The van der Waals surface area contributed by atoms with Crippen LogP contribution >= 0.6 is 0 Å². The number of likely N-dealkylation sites (tertiary alicyclic amines) is 2. The van der Waals surface area contributed by atoms with Crippen LogP contribution in [0.25, 0.3) is 10.8 Å². The van der Waals surface area contributed by atoms with E-state index in [-0.39, 0.29) is 42.8 Å². The van der Waals surface area contributed by atoms with Crippen molar-refractivity contribution < 1.29 is 37.4 Å². The Morgan fingerprint density at radius 3 is 2.48 bits per heavy atom. The molecule has 4 rings (SSSR count). The van der Waals surface area contributed by atoms with Crippen molar-refractivity contribution in [2.45, 2.75) is 49.6 Å². The van der Waals surface area contributed by atoms with E-state index in [0.717, 1.165) is 18.2 Å². The molecule has 44 heavy (non-hydrogen) atoms. The van der Waals surface area contributed by atoms with E-state index in [4.69, 9.17) is 15.9 Å². The molecule has 0 unspecified atom stereocenters. The number of carboxylic acids is 1. The Balaban J connectivity index is 1.51. The maximum absolute atomic E-state index is 13.5. The molecule has 2 fully saturated rings. The Hall–Kier alpha value is -4.24. The smallest absolute Gasteiger partial charge is 0.312 e. The topological polar surface area (TPSA) is 212 Å². The summed E-state index contributed by atoms with van der Waals surface area (Å²) < 4.78 is 34.5. The van der Waals surface area contributed by atoms with Crippen molar-refractivity contribution in [2.24, 2.45) is 17.6 Å². The number of hydrogen-bond donors (Lipinski definition) is 5. The number of sulfonamides is 1. The van der Waals surface area contributed by atoms with Crippen LogP contribution < -0.4 is 15.8 Å². The van der Waals surface area contributed by atoms with Gasteiger partial charge >= 0.3 is 11.9 Å². The fourth-order valence-electron chi connectivity index (χ4n) is 5.65. The first-order valence-electron chi connectivity index (χ1n) is 14.4. The summed E-state index contributed by atoms with van der Waals surface area (Å²) in [5.74, 6) is -4.50. The number of nitrogens with two attached hydrogens (primary N) is 1. The van der Waals surface area contributed by atoms with E-state index in [1.807, 2.05) is 12.1 Å². The van der Waals surface area contributed by atoms with Gasteiger partial charge in [0.25, 0.3) is 0 Å². The van der Waals surface area contributed by atoms with E-state index in [1.54, 1.807) is 23.1 Å². The van der Waals surface area contributed by atoms with Gasteiger partial charge in [0, 0.05) is 46.1 Å². The highest BCUT2D eigenvalue weighted by Crippen LogP contribution is 2.23. The van der Waals surface area contributed by atoms with E-state index >= 15 is 0 Å². The first-order chi connectivity index (χ1) is 20.8. The molecule has 2 saturated heterocycles. The van der Waals surface area contributed by atoms with Crippen LogP contribution in [0, 0.1) is 17.2 Å². The van der Waals surface area contributed by atoms with E-state index in [0.29, 0.717) is 18.5 Å². The van der Waals surface area contributed by atoms with Crippen molar-refractivity contribution in [3.05, 3.63) is 42.5 Å². The standard InChI is InChI=1S/C29H38N6O8S/c1-18(36)43-25-10-12-34(17-23(25)28(39)40)26(37)14-24(27(38)32-15-19-5-4-11-35(16-19)29(30)31)33-44(41,42)22-9-8-20-6-2-3-7-21(20)13-22/h2-3,6-9,13,19,23-25,33H,4-5,10-12,14-17H2,1H3,(H3,30,31)(H,32,38)(H,39,40)/t19-,23+,24+,25+/m0/s1. The molecule has 14 nitrogen and oxygen atoms in total. The minimum absolute atomic E-state index is 0.0401. The summed E-state index contributed by atoms with van der Waals surface area (Å²) in [6.45, 7) is 2.24. The number of benzene rings is 2. The van der Waals surface area contributed by atoms with Crippen molar-refractivity contribution >= 4 is 50.5 Å². The molecule has 0 bridgehead atoms. The Morgan fingerprint density at radius 1 is 1.07 bits per heavy atom. The molecule has 2 aromatic rings. The van der Waals surface area contributed by atoms with Crippen molar-refractivity contribution in [1.82, 2.24) is 19.8 Å². The number of carbonyl (C=O) groups excluding carboxylic acids is 3. The average Bonchev–Trinajstić information content (AvgIpc) is 2.99. The minimum atomic E-state index is -4.27. The van der Waals surface area contributed by atoms with E-state index in [2.05, 4.69) is 10.0 Å². The number of guanidine groups is 1. The van der Waals surface area contributed by atoms with Gasteiger partial charge in [0.1, 0.15) is 18.1 Å². The number of rotatable bonds is 10. The third-order valence-electron chi connectivity index (χ3n) is 7.99. The van der Waals surface area contributed by atoms with Crippen molar-refractivity contribution in [3.8, 4) is 0 Å². The molecular weight excluding hydrogens is 592 g/mol. The molecular formula is C29H38N6O8S. The van der Waals surface area contributed by atoms with E-state index in [9.17, 15) is 32.7 Å². The Morgan fingerprint density at radius 2 is 1.80 bits per heavy atom. The molecule has 2 aliphatic heterocycles. The predicted octanol–water partition coefficient (Wildman–Crippen LogP) is 0.463. The number of carbonyl (C=O) groups is 4. The van der Waals surface area contributed by atoms with Crippen LogP contribution in [0.1, 0.15) is 32.6 Å². The lowest BCUT2D eigenvalue weighted by atomic mass is 9.94. The lowest BCUT2D eigenvalue weighted by molar-refractivity contribution is -0.163. The second kappa shape index (κ2) is 14.0. The number of nitrogens with one attached hydrogen (secondary N) is 3. The van der Waals surface area contributed by atoms with E-state index in [1.165, 1.54) is 24.0 Å². The number of nitrogens with zero attached hydrogens (tertiary/aromatic N) is 2. The quantitative estimate of drug-likeness (QED) is 0.139. The number of aliphatic carboxylic acids is 1. The van der Waals surface area contributed by atoms with Gasteiger partial charge in [-0.1, -0.05) is 30.3 Å². The number of hydrogen-bond acceptors (Lipinski definition) is 8. The normalized spacial score (nSPS) is 21.3. The van der Waals surface area contributed by atoms with Crippen LogP contribution in [0.3, 0.4) is 0 Å². The summed E-state index contributed by atoms with van der Waals surface area (Å²) in [5.41, 5.74) is 5.62. The van der Waals surface area contributed by atoms with Gasteiger partial charge in [0.15, 0.2) is 5.96 Å². The molecule has 4 atom stereocenters. The van der Waals surface area contributed by atoms with Crippen molar-refractivity contribution in [2.75, 3.05) is 32.7 Å². The maximum atomic E-state index is 13.5. The molecule has 2 aliphatic rings. The zero-order valence-corrected chi connectivity index (χ0v) is 25.2. The first-order valence-corrected chi connectivity index (χ1v) is 15.9. The van der Waals surface area contributed by atoms with Gasteiger partial charge in [0.05, 0.1) is 11.3 Å². The molecule has 0 aliphatic carbocycles. The highest BCUT2D eigenvalue weighted by atomic mass is 32.2. The summed E-state index contributed by atoms with van der Waals surface area (Å²) in [5, 5.41) is 21.6. The Labute approximate surface area is 255 Å². The van der Waals surface area contributed by atoms with Gasteiger partial charge in [-0.2, -0.15) is 4.72 Å². The summed E-state index contributed by atoms with van der Waals surface area (Å²) in [4.78, 5) is 53.0. The Bertz CT molecular complexity index is 1530. The molecule has 2 heterocycles. The summed E-state index contributed by atoms with van der Waals surface area (Å²) >= 11 is 0. The minimum Gasteiger partial charge on any atom is -0.481 e. The molecule has 2 aromatic carbocycles. The number of piperidine rings is 2. The number of ether oxygens (including phenoxy) is 1. The zero-order chi connectivity index (χ0) is 32.0. The monoisotopic (exact) mass is 630 g/mol. The summed E-state index contributed by atoms with van der Waals surface area (Å²) in [6.07, 6.45) is 0.142. The summed E-state index contributed by atoms with van der Waals surface area (Å²) in [6, 6.07) is 10.2. The highest BCUT2D eigenvalue weighted by Gasteiger charge is 2.39. The third kappa shape index (κ3) is 8.23. The molecule has 0 saturated carbocycles. The summed E-state index contributed by atoms with van der Waals surface area (Å²) in [7, 11) is -4.27. The van der Waals surface area contributed by atoms with Crippen LogP contribution in [0.2, 0.25) is 0 Å². The number of carboxylic acid groups (broad SMARTS) is 1. The van der Waals surface area contributed by atoms with Gasteiger partial charge < -0.3 is 30.7 Å². The molecule has 238 valence electrons. The van der Waals surface area contributed by atoms with Crippen LogP contribution in [0.15, 0.2) is 47.4 Å². The molecule has 0 spiro atoms. The van der Waals surface area contributed by atoms with Crippen molar-refractivity contribution in [3.63, 3.8) is 0 Å². The Kier molecular flexibility index (Phi) is 10.4. The van der Waals surface area contributed by atoms with Gasteiger partial charge in [-0.15, -0.1) is 0 Å². The second-order valence-corrected chi connectivity index (χ2v) is 12.9. The van der Waals surface area contributed by atoms with Crippen LogP contribution in [-0.2, 0) is 33.9 Å². The molecule has 0 radical (unpaired) electrons.